The summed E-state index contributed by atoms with van der Waals surface area (Å²) in [5, 5.41) is 12.2. The Balaban J connectivity index is 2.01. The van der Waals surface area contributed by atoms with Crippen molar-refractivity contribution in [3.63, 3.8) is 0 Å². The first-order valence-corrected chi connectivity index (χ1v) is 5.66. The monoisotopic (exact) mass is 262 g/mol. The molecule has 0 spiro atoms. The average Bonchev–Trinajstić information content (AvgIpc) is 2.81. The lowest BCUT2D eigenvalue weighted by molar-refractivity contribution is 0.0946. The molecule has 0 saturated heterocycles. The molecule has 0 aliphatic rings. The summed E-state index contributed by atoms with van der Waals surface area (Å²) in [5.74, 6) is 1.03. The van der Waals surface area contributed by atoms with Crippen LogP contribution >= 0.6 is 0 Å². The smallest absolute Gasteiger partial charge is 0.251 e. The first-order valence-electron chi connectivity index (χ1n) is 5.66. The molecule has 6 nitrogen and oxygen atoms in total. The van der Waals surface area contributed by atoms with Crippen LogP contribution in [-0.4, -0.2) is 23.1 Å². The lowest BCUT2D eigenvalue weighted by atomic mass is 10.2. The van der Waals surface area contributed by atoms with Gasteiger partial charge in [-0.2, -0.15) is 0 Å². The van der Waals surface area contributed by atoms with Gasteiger partial charge in [-0.15, -0.1) is 0 Å². The molecule has 0 bridgehead atoms. The van der Waals surface area contributed by atoms with Crippen LogP contribution < -0.4 is 10.1 Å². The highest BCUT2D eigenvalue weighted by Crippen LogP contribution is 2.26. The third kappa shape index (κ3) is 3.04. The van der Waals surface area contributed by atoms with Crippen molar-refractivity contribution >= 4 is 5.91 Å². The van der Waals surface area contributed by atoms with Crippen molar-refractivity contribution < 1.29 is 19.1 Å². The Kier molecular flexibility index (Phi) is 3.70. The van der Waals surface area contributed by atoms with Gasteiger partial charge >= 0.3 is 0 Å². The minimum absolute atomic E-state index is 0.0814. The fourth-order valence-corrected chi connectivity index (χ4v) is 1.57. The quantitative estimate of drug-likeness (QED) is 0.874. The van der Waals surface area contributed by atoms with E-state index in [4.69, 9.17) is 9.15 Å². The number of phenolic OH excluding ortho intramolecular Hbond substituents is 1. The summed E-state index contributed by atoms with van der Waals surface area (Å²) < 4.78 is 10.1. The molecule has 100 valence electrons. The largest absolute Gasteiger partial charge is 0.504 e. The molecule has 1 heterocycles. The van der Waals surface area contributed by atoms with Gasteiger partial charge in [0.25, 0.3) is 5.91 Å². The maximum atomic E-state index is 11.8. The molecule has 0 atom stereocenters. The number of hydrogen-bond acceptors (Lipinski definition) is 5. The zero-order chi connectivity index (χ0) is 13.8. The number of nitrogens with one attached hydrogen (secondary N) is 1. The minimum Gasteiger partial charge on any atom is -0.504 e. The summed E-state index contributed by atoms with van der Waals surface area (Å²) in [6, 6.07) is 4.43. The number of aryl methyl sites for hydroxylation is 1. The molecule has 0 aliphatic heterocycles. The summed E-state index contributed by atoms with van der Waals surface area (Å²) in [5.41, 5.74) is 0.335. The molecule has 2 aromatic rings. The molecule has 1 amide bonds. The number of ether oxygens (including phenoxy) is 1. The Labute approximate surface area is 110 Å². The number of nitrogens with zero attached hydrogens (tertiary/aromatic N) is 1. The molecule has 0 fully saturated rings. The van der Waals surface area contributed by atoms with E-state index >= 15 is 0 Å². The number of aromatic nitrogens is 1. The molecule has 0 radical (unpaired) electrons. The number of benzene rings is 1. The summed E-state index contributed by atoms with van der Waals surface area (Å²) in [6.45, 7) is 1.97. The maximum absolute atomic E-state index is 11.8. The van der Waals surface area contributed by atoms with Gasteiger partial charge in [0.05, 0.1) is 19.9 Å². The first kappa shape index (κ1) is 12.9. The van der Waals surface area contributed by atoms with Gasteiger partial charge < -0.3 is 19.6 Å². The number of rotatable bonds is 4. The van der Waals surface area contributed by atoms with Crippen molar-refractivity contribution in [1.82, 2.24) is 10.3 Å². The number of aromatic hydroxyl groups is 1. The molecule has 2 N–H and O–H groups in total. The van der Waals surface area contributed by atoms with E-state index in [0.717, 1.165) is 0 Å². The highest BCUT2D eigenvalue weighted by Gasteiger charge is 2.10. The van der Waals surface area contributed by atoms with Crippen LogP contribution in [0.1, 0.15) is 22.0 Å². The Bertz CT molecular complexity index is 592. The molecule has 19 heavy (non-hydrogen) atoms. The van der Waals surface area contributed by atoms with E-state index in [9.17, 15) is 9.90 Å². The lowest BCUT2D eigenvalue weighted by Crippen LogP contribution is -2.22. The number of oxazole rings is 1. The Morgan fingerprint density at radius 3 is 2.89 bits per heavy atom. The molecule has 0 unspecified atom stereocenters. The van der Waals surface area contributed by atoms with Gasteiger partial charge in [-0.1, -0.05) is 0 Å². The minimum atomic E-state index is -0.325. The molecular weight excluding hydrogens is 248 g/mol. The van der Waals surface area contributed by atoms with Gasteiger partial charge in [0.1, 0.15) is 5.76 Å². The summed E-state index contributed by atoms with van der Waals surface area (Å²) in [6.07, 6.45) is 1.58. The van der Waals surface area contributed by atoms with Crippen LogP contribution in [-0.2, 0) is 6.54 Å². The number of phenols is 1. The maximum Gasteiger partial charge on any atom is 0.251 e. The average molecular weight is 262 g/mol. The van der Waals surface area contributed by atoms with Gasteiger partial charge in [0, 0.05) is 5.56 Å². The standard InChI is InChI=1S/C13H14N2O4/c1-8-6-14-12(19-8)7-15-13(17)9-3-4-11(18-2)10(16)5-9/h3-6,16H,7H2,1-2H3,(H,15,17). The van der Waals surface area contributed by atoms with Gasteiger partial charge in [-0.05, 0) is 25.1 Å². The number of amides is 1. The number of hydrogen-bond donors (Lipinski definition) is 2. The molecular formula is C13H14N2O4. The lowest BCUT2D eigenvalue weighted by Gasteiger charge is -2.06. The van der Waals surface area contributed by atoms with Gasteiger partial charge in [-0.25, -0.2) is 4.98 Å². The van der Waals surface area contributed by atoms with E-state index < -0.39 is 0 Å². The highest BCUT2D eigenvalue weighted by atomic mass is 16.5. The topological polar surface area (TPSA) is 84.6 Å². The molecule has 0 aliphatic carbocycles. The van der Waals surface area contributed by atoms with Crippen molar-refractivity contribution in [2.45, 2.75) is 13.5 Å². The van der Waals surface area contributed by atoms with Crippen LogP contribution in [0.15, 0.2) is 28.8 Å². The molecule has 6 heteroatoms. The van der Waals surface area contributed by atoms with E-state index in [0.29, 0.717) is 23.0 Å². The fraction of sp³-hybridized carbons (Fsp3) is 0.231. The zero-order valence-electron chi connectivity index (χ0n) is 10.6. The van der Waals surface area contributed by atoms with Crippen molar-refractivity contribution in [1.29, 1.82) is 0 Å². The van der Waals surface area contributed by atoms with Crippen LogP contribution in [0.2, 0.25) is 0 Å². The van der Waals surface area contributed by atoms with E-state index in [-0.39, 0.29) is 18.2 Å². The summed E-state index contributed by atoms with van der Waals surface area (Å²) in [4.78, 5) is 15.8. The second-order valence-electron chi connectivity index (χ2n) is 3.93. The molecule has 0 saturated carbocycles. The Morgan fingerprint density at radius 1 is 1.53 bits per heavy atom. The van der Waals surface area contributed by atoms with E-state index in [1.807, 2.05) is 0 Å². The van der Waals surface area contributed by atoms with E-state index in [1.54, 1.807) is 19.2 Å². The highest BCUT2D eigenvalue weighted by molar-refractivity contribution is 5.94. The van der Waals surface area contributed by atoms with Gasteiger partial charge in [0.15, 0.2) is 11.5 Å². The molecule has 1 aromatic carbocycles. The number of methoxy groups -OCH3 is 1. The summed E-state index contributed by atoms with van der Waals surface area (Å²) in [7, 11) is 1.44. The third-order valence-corrected chi connectivity index (χ3v) is 2.51. The number of carbonyl (C=O) groups excluding carboxylic acids is 1. The van der Waals surface area contributed by atoms with Gasteiger partial charge in [0.2, 0.25) is 5.89 Å². The van der Waals surface area contributed by atoms with Crippen LogP contribution in [0.5, 0.6) is 11.5 Å². The van der Waals surface area contributed by atoms with Crippen molar-refractivity contribution in [2.24, 2.45) is 0 Å². The fourth-order valence-electron chi connectivity index (χ4n) is 1.57. The predicted molar refractivity (Wildman–Crippen MR) is 67.1 cm³/mol. The van der Waals surface area contributed by atoms with Crippen molar-refractivity contribution in [3.05, 3.63) is 41.6 Å². The zero-order valence-corrected chi connectivity index (χ0v) is 10.6. The van der Waals surface area contributed by atoms with Crippen LogP contribution in [0.4, 0.5) is 0 Å². The predicted octanol–water partition coefficient (Wildman–Crippen LogP) is 1.63. The first-order chi connectivity index (χ1) is 9.10. The second-order valence-corrected chi connectivity index (χ2v) is 3.93. The number of carbonyl (C=O) groups is 1. The SMILES string of the molecule is COc1ccc(C(=O)NCc2ncc(C)o2)cc1O. The van der Waals surface area contributed by atoms with Gasteiger partial charge in [-0.3, -0.25) is 4.79 Å². The van der Waals surface area contributed by atoms with Crippen LogP contribution in [0.25, 0.3) is 0 Å². The second kappa shape index (κ2) is 5.43. The van der Waals surface area contributed by atoms with Crippen molar-refractivity contribution in [3.8, 4) is 11.5 Å². The Hall–Kier alpha value is -2.50. The normalized spacial score (nSPS) is 10.2. The third-order valence-electron chi connectivity index (χ3n) is 2.51. The Morgan fingerprint density at radius 2 is 2.32 bits per heavy atom. The van der Waals surface area contributed by atoms with Crippen LogP contribution in [0.3, 0.4) is 0 Å². The molecule has 2 rings (SSSR count). The molecule has 1 aromatic heterocycles. The summed E-state index contributed by atoms with van der Waals surface area (Å²) >= 11 is 0. The van der Waals surface area contributed by atoms with E-state index in [2.05, 4.69) is 10.3 Å². The van der Waals surface area contributed by atoms with Crippen molar-refractivity contribution in [2.75, 3.05) is 7.11 Å². The van der Waals surface area contributed by atoms with E-state index in [1.165, 1.54) is 19.2 Å². The van der Waals surface area contributed by atoms with Crippen LogP contribution in [0, 0.1) is 6.92 Å².